The number of carbonyl (C=O) groups is 1. The second-order valence-corrected chi connectivity index (χ2v) is 6.27. The van der Waals surface area contributed by atoms with Crippen molar-refractivity contribution in [2.24, 2.45) is 0 Å². The summed E-state index contributed by atoms with van der Waals surface area (Å²) in [7, 11) is 0. The normalized spacial score (nSPS) is 21.3. The molecule has 0 bridgehead atoms. The van der Waals surface area contributed by atoms with Gasteiger partial charge in [0.2, 0.25) is 5.91 Å². The number of carbonyl (C=O) groups excluding carboxylic acids is 1. The minimum absolute atomic E-state index is 0.334. The van der Waals surface area contributed by atoms with Gasteiger partial charge in [0, 0.05) is 32.6 Å². The van der Waals surface area contributed by atoms with Gasteiger partial charge < -0.3 is 4.90 Å². The third-order valence-corrected chi connectivity index (χ3v) is 4.80. The first kappa shape index (κ1) is 14.6. The molecule has 2 aliphatic heterocycles. The smallest absolute Gasteiger partial charge is 0.222 e. The number of amides is 1. The number of likely N-dealkylation sites (tertiary alicyclic amines) is 1. The molecule has 3 nitrogen and oxygen atoms in total. The van der Waals surface area contributed by atoms with Gasteiger partial charge in [-0.15, -0.1) is 0 Å². The Morgan fingerprint density at radius 3 is 2.76 bits per heavy atom. The Balaban J connectivity index is 1.76. The van der Waals surface area contributed by atoms with E-state index in [-0.39, 0.29) is 0 Å². The minimum atomic E-state index is 0.334. The van der Waals surface area contributed by atoms with Crippen LogP contribution < -0.4 is 5.32 Å². The largest absolute Gasteiger partial charge is 0.338 e. The molecule has 0 spiro atoms. The Morgan fingerprint density at radius 2 is 1.90 bits per heavy atom. The van der Waals surface area contributed by atoms with E-state index < -0.39 is 0 Å². The molecule has 0 N–H and O–H groups in total. The molecule has 2 heterocycles. The van der Waals surface area contributed by atoms with Gasteiger partial charge in [-0.05, 0) is 42.7 Å². The fourth-order valence-electron chi connectivity index (χ4n) is 3.55. The molecule has 0 aromatic heterocycles. The highest BCUT2D eigenvalue weighted by atomic mass is 16.2. The van der Waals surface area contributed by atoms with E-state index in [1.807, 2.05) is 0 Å². The second kappa shape index (κ2) is 7.08. The summed E-state index contributed by atoms with van der Waals surface area (Å²) in [4.78, 5) is 14.3. The molecule has 3 heteroatoms. The summed E-state index contributed by atoms with van der Waals surface area (Å²) >= 11 is 0. The average molecular weight is 285 g/mol. The maximum Gasteiger partial charge on any atom is 0.222 e. The van der Waals surface area contributed by atoms with Crippen LogP contribution in [0, 0.1) is 0 Å². The molecule has 3 rings (SSSR count). The van der Waals surface area contributed by atoms with E-state index in [0.29, 0.717) is 11.8 Å². The van der Waals surface area contributed by atoms with Crippen molar-refractivity contribution in [1.29, 1.82) is 0 Å². The van der Waals surface area contributed by atoms with Crippen LogP contribution >= 0.6 is 0 Å². The van der Waals surface area contributed by atoms with E-state index in [4.69, 9.17) is 0 Å². The van der Waals surface area contributed by atoms with Gasteiger partial charge in [-0.1, -0.05) is 30.7 Å². The third kappa shape index (κ3) is 3.65. The van der Waals surface area contributed by atoms with Crippen molar-refractivity contribution < 1.29 is 4.79 Å². The van der Waals surface area contributed by atoms with Crippen LogP contribution in [-0.2, 0) is 11.3 Å². The minimum Gasteiger partial charge on any atom is -0.338 e. The fraction of sp³-hybridized carbons (Fsp3) is 0.611. The van der Waals surface area contributed by atoms with Gasteiger partial charge in [0.1, 0.15) is 0 Å². The van der Waals surface area contributed by atoms with Crippen LogP contribution in [-0.4, -0.2) is 30.4 Å². The first-order valence-corrected chi connectivity index (χ1v) is 8.33. The summed E-state index contributed by atoms with van der Waals surface area (Å²) in [6.45, 7) is 3.69. The lowest BCUT2D eigenvalue weighted by molar-refractivity contribution is -0.131. The number of hydrogen-bond acceptors (Lipinski definition) is 1. The molecule has 1 aromatic carbocycles. The Labute approximate surface area is 127 Å². The Kier molecular flexibility index (Phi) is 4.91. The first-order chi connectivity index (χ1) is 10.3. The van der Waals surface area contributed by atoms with Crippen LogP contribution in [0.25, 0.3) is 0 Å². The summed E-state index contributed by atoms with van der Waals surface area (Å²) in [6, 6.07) is 8.70. The topological polar surface area (TPSA) is 34.4 Å². The maximum atomic E-state index is 12.2. The Morgan fingerprint density at radius 1 is 1.10 bits per heavy atom. The summed E-state index contributed by atoms with van der Waals surface area (Å²) < 4.78 is 0. The number of rotatable bonds is 3. The first-order valence-electron chi connectivity index (χ1n) is 8.33. The van der Waals surface area contributed by atoms with E-state index in [2.05, 4.69) is 34.5 Å². The third-order valence-electron chi connectivity index (χ3n) is 4.80. The van der Waals surface area contributed by atoms with Crippen molar-refractivity contribution in [3.8, 4) is 0 Å². The molecule has 1 amide bonds. The Bertz CT molecular complexity index is 480. The van der Waals surface area contributed by atoms with Crippen molar-refractivity contribution in [1.82, 2.24) is 10.2 Å². The zero-order chi connectivity index (χ0) is 14.5. The van der Waals surface area contributed by atoms with Crippen LogP contribution in [0.2, 0.25) is 0 Å². The standard InChI is InChI=1S/C18H25N2O/c21-18-8-2-1-5-13-20(18)14-16-6-3-4-7-17(16)15-9-11-19-12-10-15/h3-4,6-7,15H,1-2,5,8-14H2. The van der Waals surface area contributed by atoms with Crippen LogP contribution in [0.5, 0.6) is 0 Å². The van der Waals surface area contributed by atoms with E-state index in [0.717, 1.165) is 58.3 Å². The number of hydrogen-bond donors (Lipinski definition) is 0. The number of piperidine rings is 1. The lowest BCUT2D eigenvalue weighted by Crippen LogP contribution is -2.30. The lowest BCUT2D eigenvalue weighted by Gasteiger charge is -2.27. The molecule has 0 saturated carbocycles. The summed E-state index contributed by atoms with van der Waals surface area (Å²) in [6.07, 6.45) is 6.44. The van der Waals surface area contributed by atoms with Crippen LogP contribution in [0.15, 0.2) is 24.3 Å². The molecule has 2 fully saturated rings. The zero-order valence-corrected chi connectivity index (χ0v) is 12.8. The molecule has 0 unspecified atom stereocenters. The highest BCUT2D eigenvalue weighted by Crippen LogP contribution is 2.29. The van der Waals surface area contributed by atoms with Gasteiger partial charge in [-0.25, -0.2) is 5.32 Å². The van der Waals surface area contributed by atoms with Gasteiger partial charge in [-0.2, -0.15) is 0 Å². The van der Waals surface area contributed by atoms with Crippen molar-refractivity contribution >= 4 is 5.91 Å². The molecular formula is C18H25N2O. The molecule has 1 aromatic rings. The zero-order valence-electron chi connectivity index (χ0n) is 12.8. The number of benzene rings is 1. The second-order valence-electron chi connectivity index (χ2n) is 6.27. The van der Waals surface area contributed by atoms with Crippen LogP contribution in [0.1, 0.15) is 55.6 Å². The molecule has 2 aliphatic rings. The van der Waals surface area contributed by atoms with Crippen LogP contribution in [0.3, 0.4) is 0 Å². The fourth-order valence-corrected chi connectivity index (χ4v) is 3.55. The van der Waals surface area contributed by atoms with Crippen molar-refractivity contribution in [3.05, 3.63) is 35.4 Å². The summed E-state index contributed by atoms with van der Waals surface area (Å²) in [5.41, 5.74) is 2.80. The summed E-state index contributed by atoms with van der Waals surface area (Å²) in [5.74, 6) is 0.960. The van der Waals surface area contributed by atoms with Gasteiger partial charge in [0.25, 0.3) is 0 Å². The molecular weight excluding hydrogens is 260 g/mol. The lowest BCUT2D eigenvalue weighted by atomic mass is 9.87. The molecule has 0 atom stereocenters. The van der Waals surface area contributed by atoms with Gasteiger partial charge >= 0.3 is 0 Å². The predicted molar refractivity (Wildman–Crippen MR) is 84.2 cm³/mol. The SMILES string of the molecule is O=C1CCCCCN1Cc1ccccc1C1CC[N]CC1. The monoisotopic (exact) mass is 285 g/mol. The van der Waals surface area contributed by atoms with Gasteiger partial charge in [0.15, 0.2) is 0 Å². The van der Waals surface area contributed by atoms with Gasteiger partial charge in [-0.3, -0.25) is 4.79 Å². The van der Waals surface area contributed by atoms with Crippen molar-refractivity contribution in [2.45, 2.75) is 51.0 Å². The predicted octanol–water partition coefficient (Wildman–Crippen LogP) is 3.07. The van der Waals surface area contributed by atoms with E-state index in [9.17, 15) is 4.79 Å². The highest BCUT2D eigenvalue weighted by molar-refractivity contribution is 5.76. The molecule has 113 valence electrons. The molecule has 21 heavy (non-hydrogen) atoms. The van der Waals surface area contributed by atoms with Gasteiger partial charge in [0.05, 0.1) is 0 Å². The molecule has 2 saturated heterocycles. The van der Waals surface area contributed by atoms with E-state index >= 15 is 0 Å². The van der Waals surface area contributed by atoms with E-state index in [1.165, 1.54) is 17.5 Å². The molecule has 0 aliphatic carbocycles. The average Bonchev–Trinajstić information content (AvgIpc) is 2.74. The van der Waals surface area contributed by atoms with E-state index in [1.54, 1.807) is 0 Å². The highest BCUT2D eigenvalue weighted by Gasteiger charge is 2.21. The maximum absolute atomic E-state index is 12.2. The van der Waals surface area contributed by atoms with Crippen LogP contribution in [0.4, 0.5) is 0 Å². The molecule has 1 radical (unpaired) electrons. The number of nitrogens with zero attached hydrogens (tertiary/aromatic N) is 2. The van der Waals surface area contributed by atoms with Crippen molar-refractivity contribution in [2.75, 3.05) is 19.6 Å². The van der Waals surface area contributed by atoms with Crippen molar-refractivity contribution in [3.63, 3.8) is 0 Å². The summed E-state index contributed by atoms with van der Waals surface area (Å²) in [5, 5.41) is 4.46. The Hall–Kier alpha value is -1.35. The quantitative estimate of drug-likeness (QED) is 0.840.